The van der Waals surface area contributed by atoms with Crippen molar-refractivity contribution in [1.29, 1.82) is 0 Å². The van der Waals surface area contributed by atoms with E-state index < -0.39 is 0 Å². The molecule has 0 spiro atoms. The summed E-state index contributed by atoms with van der Waals surface area (Å²) in [6.45, 7) is 14.9. The molecular formula is C15H27NO. The first kappa shape index (κ1) is 14.5. The molecular weight excluding hydrogens is 210 g/mol. The number of nitrogens with zero attached hydrogens (tertiary/aromatic N) is 1. The molecule has 0 aromatic carbocycles. The highest BCUT2D eigenvalue weighted by Crippen LogP contribution is 2.38. The highest BCUT2D eigenvalue weighted by molar-refractivity contribution is 4.89. The topological polar surface area (TPSA) is 23.5 Å². The number of rotatable bonds is 6. The molecule has 2 heteroatoms. The SMILES string of the molecule is C=CCN(CC=C)CC1CC(C)(C)CCC1O. The van der Waals surface area contributed by atoms with Gasteiger partial charge in [0.1, 0.15) is 0 Å². The average Bonchev–Trinajstić information content (AvgIpc) is 2.24. The third-order valence-electron chi connectivity index (χ3n) is 3.74. The minimum Gasteiger partial charge on any atom is -0.393 e. The van der Waals surface area contributed by atoms with Crippen LogP contribution in [0.3, 0.4) is 0 Å². The quantitative estimate of drug-likeness (QED) is 0.718. The zero-order valence-electron chi connectivity index (χ0n) is 11.4. The Balaban J connectivity index is 2.56. The molecule has 0 radical (unpaired) electrons. The molecule has 1 saturated carbocycles. The summed E-state index contributed by atoms with van der Waals surface area (Å²) in [5.41, 5.74) is 0.373. The van der Waals surface area contributed by atoms with Crippen molar-refractivity contribution >= 4 is 0 Å². The van der Waals surface area contributed by atoms with Crippen molar-refractivity contribution in [3.63, 3.8) is 0 Å². The van der Waals surface area contributed by atoms with Crippen LogP contribution in [0.5, 0.6) is 0 Å². The van der Waals surface area contributed by atoms with E-state index in [-0.39, 0.29) is 6.10 Å². The van der Waals surface area contributed by atoms with Gasteiger partial charge in [-0.25, -0.2) is 0 Å². The lowest BCUT2D eigenvalue weighted by Crippen LogP contribution is -2.41. The van der Waals surface area contributed by atoms with Gasteiger partial charge in [-0.1, -0.05) is 26.0 Å². The first-order chi connectivity index (χ1) is 7.98. The Kier molecular flexibility index (Phi) is 5.41. The lowest BCUT2D eigenvalue weighted by molar-refractivity contribution is 0.00724. The summed E-state index contributed by atoms with van der Waals surface area (Å²) in [5.74, 6) is 0.388. The fourth-order valence-electron chi connectivity index (χ4n) is 2.83. The van der Waals surface area contributed by atoms with Crippen LogP contribution in [0.15, 0.2) is 25.3 Å². The molecule has 1 aliphatic carbocycles. The zero-order chi connectivity index (χ0) is 12.9. The summed E-state index contributed by atoms with van der Waals surface area (Å²) >= 11 is 0. The number of aliphatic hydroxyl groups is 1. The first-order valence-electron chi connectivity index (χ1n) is 6.61. The number of hydrogen-bond donors (Lipinski definition) is 1. The lowest BCUT2D eigenvalue weighted by Gasteiger charge is -2.40. The van der Waals surface area contributed by atoms with Crippen LogP contribution >= 0.6 is 0 Å². The molecule has 17 heavy (non-hydrogen) atoms. The predicted octanol–water partition coefficient (Wildman–Crippen LogP) is 2.85. The van der Waals surface area contributed by atoms with E-state index in [2.05, 4.69) is 31.9 Å². The summed E-state index contributed by atoms with van der Waals surface area (Å²) in [5, 5.41) is 10.1. The second kappa shape index (κ2) is 6.36. The summed E-state index contributed by atoms with van der Waals surface area (Å²) in [7, 11) is 0. The molecule has 2 atom stereocenters. The van der Waals surface area contributed by atoms with E-state index in [1.165, 1.54) is 0 Å². The Morgan fingerprint density at radius 2 is 1.88 bits per heavy atom. The van der Waals surface area contributed by atoms with Crippen LogP contribution in [0.2, 0.25) is 0 Å². The van der Waals surface area contributed by atoms with Gasteiger partial charge in [0.25, 0.3) is 0 Å². The second-order valence-electron chi connectivity index (χ2n) is 6.03. The molecule has 0 saturated heterocycles. The monoisotopic (exact) mass is 237 g/mol. The van der Waals surface area contributed by atoms with E-state index >= 15 is 0 Å². The van der Waals surface area contributed by atoms with Crippen molar-refractivity contribution in [2.45, 2.75) is 39.2 Å². The average molecular weight is 237 g/mol. The van der Waals surface area contributed by atoms with E-state index in [0.29, 0.717) is 11.3 Å². The lowest BCUT2D eigenvalue weighted by atomic mass is 9.70. The Bertz CT molecular complexity index is 250. The van der Waals surface area contributed by atoms with E-state index in [4.69, 9.17) is 0 Å². The van der Waals surface area contributed by atoms with Gasteiger partial charge in [0.15, 0.2) is 0 Å². The summed E-state index contributed by atoms with van der Waals surface area (Å²) in [6.07, 6.45) is 6.88. The summed E-state index contributed by atoms with van der Waals surface area (Å²) in [6, 6.07) is 0. The van der Waals surface area contributed by atoms with Gasteiger partial charge < -0.3 is 5.11 Å². The zero-order valence-corrected chi connectivity index (χ0v) is 11.4. The van der Waals surface area contributed by atoms with E-state index in [1.807, 2.05) is 12.2 Å². The second-order valence-corrected chi connectivity index (χ2v) is 6.03. The van der Waals surface area contributed by atoms with Crippen molar-refractivity contribution in [3.8, 4) is 0 Å². The minimum absolute atomic E-state index is 0.139. The molecule has 0 aliphatic heterocycles. The van der Waals surface area contributed by atoms with E-state index in [9.17, 15) is 5.11 Å². The van der Waals surface area contributed by atoms with Crippen LogP contribution in [0.25, 0.3) is 0 Å². The van der Waals surface area contributed by atoms with Crippen LogP contribution in [0.1, 0.15) is 33.1 Å². The first-order valence-corrected chi connectivity index (χ1v) is 6.61. The van der Waals surface area contributed by atoms with Crippen molar-refractivity contribution < 1.29 is 5.11 Å². The number of aliphatic hydroxyl groups excluding tert-OH is 1. The van der Waals surface area contributed by atoms with Gasteiger partial charge in [-0.2, -0.15) is 0 Å². The predicted molar refractivity (Wildman–Crippen MR) is 74.0 cm³/mol. The highest BCUT2D eigenvalue weighted by atomic mass is 16.3. The van der Waals surface area contributed by atoms with Gasteiger partial charge in [-0.05, 0) is 30.6 Å². The van der Waals surface area contributed by atoms with Crippen molar-refractivity contribution in [1.82, 2.24) is 4.90 Å². The smallest absolute Gasteiger partial charge is 0.0581 e. The maximum absolute atomic E-state index is 10.1. The van der Waals surface area contributed by atoms with Crippen LogP contribution < -0.4 is 0 Å². The molecule has 0 aromatic rings. The summed E-state index contributed by atoms with van der Waals surface area (Å²) in [4.78, 5) is 2.30. The van der Waals surface area contributed by atoms with Gasteiger partial charge >= 0.3 is 0 Å². The van der Waals surface area contributed by atoms with Crippen LogP contribution in [0.4, 0.5) is 0 Å². The Labute approximate surface area is 106 Å². The largest absolute Gasteiger partial charge is 0.393 e. The van der Waals surface area contributed by atoms with E-state index in [0.717, 1.165) is 38.9 Å². The third kappa shape index (κ3) is 4.64. The molecule has 98 valence electrons. The minimum atomic E-state index is -0.139. The van der Waals surface area contributed by atoms with Gasteiger partial charge in [-0.15, -0.1) is 13.2 Å². The van der Waals surface area contributed by atoms with Gasteiger partial charge in [0.05, 0.1) is 6.10 Å². The van der Waals surface area contributed by atoms with E-state index in [1.54, 1.807) is 0 Å². The number of hydrogen-bond acceptors (Lipinski definition) is 2. The fraction of sp³-hybridized carbons (Fsp3) is 0.733. The van der Waals surface area contributed by atoms with Gasteiger partial charge in [0, 0.05) is 19.6 Å². The molecule has 2 unspecified atom stereocenters. The standard InChI is InChI=1S/C15H27NO/c1-5-9-16(10-6-2)12-13-11-15(3,4)8-7-14(13)17/h5-6,13-14,17H,1-2,7-12H2,3-4H3. The molecule has 0 aromatic heterocycles. The van der Waals surface area contributed by atoms with Gasteiger partial charge in [0.2, 0.25) is 0 Å². The molecule has 0 heterocycles. The Hall–Kier alpha value is -0.600. The fourth-order valence-corrected chi connectivity index (χ4v) is 2.83. The normalized spacial score (nSPS) is 28.0. The third-order valence-corrected chi connectivity index (χ3v) is 3.74. The molecule has 0 amide bonds. The van der Waals surface area contributed by atoms with Crippen LogP contribution in [0, 0.1) is 11.3 Å². The molecule has 1 rings (SSSR count). The van der Waals surface area contributed by atoms with Crippen molar-refractivity contribution in [2.24, 2.45) is 11.3 Å². The molecule has 1 N–H and O–H groups in total. The maximum atomic E-state index is 10.1. The molecule has 1 aliphatic rings. The molecule has 1 fully saturated rings. The maximum Gasteiger partial charge on any atom is 0.0581 e. The van der Waals surface area contributed by atoms with Crippen LogP contribution in [-0.2, 0) is 0 Å². The Morgan fingerprint density at radius 3 is 2.41 bits per heavy atom. The molecule has 0 bridgehead atoms. The van der Waals surface area contributed by atoms with Gasteiger partial charge in [-0.3, -0.25) is 4.90 Å². The highest BCUT2D eigenvalue weighted by Gasteiger charge is 2.34. The molecule has 2 nitrogen and oxygen atoms in total. The van der Waals surface area contributed by atoms with Crippen molar-refractivity contribution in [3.05, 3.63) is 25.3 Å². The van der Waals surface area contributed by atoms with Crippen LogP contribution in [-0.4, -0.2) is 35.7 Å². The summed E-state index contributed by atoms with van der Waals surface area (Å²) < 4.78 is 0. The Morgan fingerprint density at radius 1 is 1.29 bits per heavy atom. The van der Waals surface area contributed by atoms with Crippen molar-refractivity contribution in [2.75, 3.05) is 19.6 Å².